The first-order chi connectivity index (χ1) is 15.0. The Labute approximate surface area is 183 Å². The number of aryl methyl sites for hydroxylation is 1. The van der Waals surface area contributed by atoms with E-state index in [0.717, 1.165) is 36.4 Å². The normalized spacial score (nSPS) is 19.9. The Morgan fingerprint density at radius 2 is 2.10 bits per heavy atom. The second-order valence-corrected chi connectivity index (χ2v) is 8.54. The number of rotatable bonds is 7. The van der Waals surface area contributed by atoms with Gasteiger partial charge in [-0.2, -0.15) is 0 Å². The molecule has 5 nitrogen and oxygen atoms in total. The van der Waals surface area contributed by atoms with Crippen molar-refractivity contribution in [3.8, 4) is 0 Å². The Balaban J connectivity index is 1.32. The molecule has 0 aliphatic carbocycles. The van der Waals surface area contributed by atoms with Crippen LogP contribution >= 0.6 is 0 Å². The van der Waals surface area contributed by atoms with Crippen LogP contribution in [-0.2, 0) is 4.79 Å². The van der Waals surface area contributed by atoms with Gasteiger partial charge in [-0.05, 0) is 81.6 Å². The number of benzene rings is 2. The van der Waals surface area contributed by atoms with E-state index < -0.39 is 0 Å². The third kappa shape index (κ3) is 5.07. The van der Waals surface area contributed by atoms with E-state index in [1.165, 1.54) is 37.9 Å². The van der Waals surface area contributed by atoms with Crippen LogP contribution < -0.4 is 16.0 Å². The standard InChI is InChI=1S/C25H31FN4O/c1-17-14-20(28-16-22-21-15-19(26)7-9-24(21)29-25(22)31)8-10-23(17)27-11-5-13-30-12-4-3-6-18(30)2/h7-10,14-16,18,27-28H,3-6,11-13H2,1-2H3,(H,29,31)/b22-16-. The summed E-state index contributed by atoms with van der Waals surface area (Å²) in [6.45, 7) is 7.72. The van der Waals surface area contributed by atoms with E-state index in [9.17, 15) is 9.18 Å². The van der Waals surface area contributed by atoms with E-state index >= 15 is 0 Å². The first kappa shape index (κ1) is 21.4. The molecule has 1 atom stereocenters. The molecule has 0 aromatic heterocycles. The number of carbonyl (C=O) groups is 1. The zero-order valence-corrected chi connectivity index (χ0v) is 18.3. The minimum absolute atomic E-state index is 0.230. The highest BCUT2D eigenvalue weighted by molar-refractivity contribution is 6.31. The lowest BCUT2D eigenvalue weighted by atomic mass is 10.0. The van der Waals surface area contributed by atoms with Gasteiger partial charge in [0.2, 0.25) is 0 Å². The van der Waals surface area contributed by atoms with Crippen molar-refractivity contribution >= 4 is 28.5 Å². The topological polar surface area (TPSA) is 56.4 Å². The summed E-state index contributed by atoms with van der Waals surface area (Å²) in [6, 6.07) is 11.1. The van der Waals surface area contributed by atoms with Crippen LogP contribution in [0.2, 0.25) is 0 Å². The molecule has 2 aliphatic heterocycles. The van der Waals surface area contributed by atoms with Crippen molar-refractivity contribution in [2.24, 2.45) is 0 Å². The maximum absolute atomic E-state index is 13.6. The molecular weight excluding hydrogens is 391 g/mol. The Kier molecular flexibility index (Phi) is 6.56. The van der Waals surface area contributed by atoms with Gasteiger partial charge in [0.1, 0.15) is 5.82 Å². The van der Waals surface area contributed by atoms with Crippen LogP contribution in [0.15, 0.2) is 42.6 Å². The van der Waals surface area contributed by atoms with Gasteiger partial charge in [0.25, 0.3) is 5.91 Å². The zero-order valence-electron chi connectivity index (χ0n) is 18.3. The molecule has 0 spiro atoms. The average molecular weight is 423 g/mol. The molecule has 6 heteroatoms. The zero-order chi connectivity index (χ0) is 21.8. The van der Waals surface area contributed by atoms with E-state index in [-0.39, 0.29) is 11.7 Å². The number of likely N-dealkylation sites (tertiary alicyclic amines) is 1. The van der Waals surface area contributed by atoms with E-state index in [2.05, 4.69) is 40.8 Å². The largest absolute Gasteiger partial charge is 0.385 e. The Bertz CT molecular complexity index is 987. The highest BCUT2D eigenvalue weighted by Gasteiger charge is 2.24. The molecule has 0 saturated carbocycles. The van der Waals surface area contributed by atoms with Gasteiger partial charge < -0.3 is 20.9 Å². The number of hydrogen-bond donors (Lipinski definition) is 3. The maximum Gasteiger partial charge on any atom is 0.257 e. The van der Waals surface area contributed by atoms with Crippen molar-refractivity contribution in [3.63, 3.8) is 0 Å². The van der Waals surface area contributed by atoms with Gasteiger partial charge in [-0.25, -0.2) is 4.39 Å². The first-order valence-corrected chi connectivity index (χ1v) is 11.2. The molecule has 1 saturated heterocycles. The van der Waals surface area contributed by atoms with Crippen LogP contribution in [0.5, 0.6) is 0 Å². The second-order valence-electron chi connectivity index (χ2n) is 8.54. The molecule has 0 radical (unpaired) electrons. The number of halogens is 1. The molecule has 2 aromatic rings. The maximum atomic E-state index is 13.6. The average Bonchev–Trinajstić information content (AvgIpc) is 3.06. The molecule has 1 amide bonds. The fraction of sp³-hybridized carbons (Fsp3) is 0.400. The van der Waals surface area contributed by atoms with Gasteiger partial charge in [-0.15, -0.1) is 0 Å². The number of hydrogen-bond acceptors (Lipinski definition) is 4. The summed E-state index contributed by atoms with van der Waals surface area (Å²) in [4.78, 5) is 14.8. The first-order valence-electron chi connectivity index (χ1n) is 11.2. The molecular formula is C25H31FN4O. The fourth-order valence-corrected chi connectivity index (χ4v) is 4.41. The molecule has 2 aliphatic rings. The lowest BCUT2D eigenvalue weighted by molar-refractivity contribution is -0.110. The van der Waals surface area contributed by atoms with Crippen LogP contribution in [-0.4, -0.2) is 36.5 Å². The van der Waals surface area contributed by atoms with E-state index in [1.807, 2.05) is 12.1 Å². The quantitative estimate of drug-likeness (QED) is 0.423. The van der Waals surface area contributed by atoms with Crippen LogP contribution in [0, 0.1) is 12.7 Å². The SMILES string of the molecule is Cc1cc(N/C=C2\C(=O)Nc3ccc(F)cc32)ccc1NCCCN1CCCCC1C. The van der Waals surface area contributed by atoms with Gasteiger partial charge in [0.15, 0.2) is 0 Å². The van der Waals surface area contributed by atoms with Crippen molar-refractivity contribution in [1.29, 1.82) is 0 Å². The van der Waals surface area contributed by atoms with Gasteiger partial charge in [-0.1, -0.05) is 6.42 Å². The number of amides is 1. The molecule has 2 heterocycles. The van der Waals surface area contributed by atoms with E-state index in [1.54, 1.807) is 12.3 Å². The summed E-state index contributed by atoms with van der Waals surface area (Å²) < 4.78 is 13.6. The van der Waals surface area contributed by atoms with Gasteiger partial charge in [0.05, 0.1) is 5.57 Å². The summed E-state index contributed by atoms with van der Waals surface area (Å²) >= 11 is 0. The molecule has 4 rings (SSSR count). The molecule has 0 bridgehead atoms. The number of piperidine rings is 1. The number of nitrogens with zero attached hydrogens (tertiary/aromatic N) is 1. The molecule has 1 unspecified atom stereocenters. The summed E-state index contributed by atoms with van der Waals surface area (Å²) in [5, 5.41) is 9.48. The monoisotopic (exact) mass is 422 g/mol. The second kappa shape index (κ2) is 9.52. The summed E-state index contributed by atoms with van der Waals surface area (Å²) in [7, 11) is 0. The molecule has 3 N–H and O–H groups in total. The number of fused-ring (bicyclic) bond motifs is 1. The van der Waals surface area contributed by atoms with Crippen molar-refractivity contribution in [3.05, 3.63) is 59.5 Å². The molecule has 1 fully saturated rings. The van der Waals surface area contributed by atoms with E-state index in [4.69, 9.17) is 0 Å². The minimum atomic E-state index is -0.359. The lowest BCUT2D eigenvalue weighted by Gasteiger charge is -2.33. The third-order valence-electron chi connectivity index (χ3n) is 6.25. The smallest absolute Gasteiger partial charge is 0.257 e. The van der Waals surface area contributed by atoms with Crippen LogP contribution in [0.25, 0.3) is 5.57 Å². The Hall–Kier alpha value is -2.86. The van der Waals surface area contributed by atoms with Gasteiger partial charge >= 0.3 is 0 Å². The van der Waals surface area contributed by atoms with Crippen LogP contribution in [0.1, 0.15) is 43.7 Å². The van der Waals surface area contributed by atoms with Crippen LogP contribution in [0.4, 0.5) is 21.5 Å². The summed E-state index contributed by atoms with van der Waals surface area (Å²) in [5.74, 6) is -0.590. The minimum Gasteiger partial charge on any atom is -0.385 e. The fourth-order valence-electron chi connectivity index (χ4n) is 4.41. The van der Waals surface area contributed by atoms with Crippen molar-refractivity contribution in [2.75, 3.05) is 35.6 Å². The van der Waals surface area contributed by atoms with Crippen LogP contribution in [0.3, 0.4) is 0 Å². The van der Waals surface area contributed by atoms with Gasteiger partial charge in [0, 0.05) is 48.0 Å². The number of anilines is 3. The predicted molar refractivity (Wildman–Crippen MR) is 126 cm³/mol. The lowest BCUT2D eigenvalue weighted by Crippen LogP contribution is -2.38. The molecule has 31 heavy (non-hydrogen) atoms. The number of nitrogens with one attached hydrogen (secondary N) is 3. The highest BCUT2D eigenvalue weighted by atomic mass is 19.1. The summed E-state index contributed by atoms with van der Waals surface area (Å²) in [6.07, 6.45) is 6.77. The van der Waals surface area contributed by atoms with Crippen molar-refractivity contribution in [2.45, 2.75) is 45.6 Å². The highest BCUT2D eigenvalue weighted by Crippen LogP contribution is 2.32. The predicted octanol–water partition coefficient (Wildman–Crippen LogP) is 5.22. The third-order valence-corrected chi connectivity index (χ3v) is 6.25. The summed E-state index contributed by atoms with van der Waals surface area (Å²) in [5.41, 5.74) is 4.79. The Morgan fingerprint density at radius 1 is 1.23 bits per heavy atom. The van der Waals surface area contributed by atoms with Gasteiger partial charge in [-0.3, -0.25) is 4.79 Å². The molecule has 164 valence electrons. The van der Waals surface area contributed by atoms with E-state index in [0.29, 0.717) is 22.9 Å². The van der Waals surface area contributed by atoms with Crippen molar-refractivity contribution in [1.82, 2.24) is 4.90 Å². The number of carbonyl (C=O) groups excluding carboxylic acids is 1. The van der Waals surface area contributed by atoms with Crippen molar-refractivity contribution < 1.29 is 9.18 Å². The Morgan fingerprint density at radius 3 is 2.90 bits per heavy atom. The molecule has 2 aromatic carbocycles.